The smallest absolute Gasteiger partial charge is 0.318 e. The minimum Gasteiger partial charge on any atom is -0.318 e. The highest BCUT2D eigenvalue weighted by atomic mass is 16.2. The van der Waals surface area contributed by atoms with Crippen LogP contribution in [0.25, 0.3) is 10.8 Å². The van der Waals surface area contributed by atoms with E-state index < -0.39 is 11.9 Å². The van der Waals surface area contributed by atoms with Crippen LogP contribution in [0.4, 0.5) is 21.9 Å². The third-order valence-electron chi connectivity index (χ3n) is 4.92. The van der Waals surface area contributed by atoms with E-state index in [1.807, 2.05) is 49.4 Å². The summed E-state index contributed by atoms with van der Waals surface area (Å²) in [4.78, 5) is 25.4. The summed E-state index contributed by atoms with van der Waals surface area (Å²) in [5.74, 6) is -0.397. The zero-order valence-electron chi connectivity index (χ0n) is 16.8. The number of aromatic nitrogens is 4. The SMILES string of the molecule is Cc1c(NC(=O)c2c(NC(=O)Nc3cccc4ccccc34)cnn2C)cnn1C. The molecule has 9 nitrogen and oxygen atoms in total. The van der Waals surface area contributed by atoms with Crippen molar-refractivity contribution in [3.63, 3.8) is 0 Å². The molecule has 2 aromatic carbocycles. The van der Waals surface area contributed by atoms with Gasteiger partial charge in [-0.1, -0.05) is 36.4 Å². The lowest BCUT2D eigenvalue weighted by atomic mass is 10.1. The van der Waals surface area contributed by atoms with Gasteiger partial charge in [-0.3, -0.25) is 14.2 Å². The molecule has 0 aliphatic rings. The van der Waals surface area contributed by atoms with E-state index >= 15 is 0 Å². The first kappa shape index (κ1) is 19.2. The van der Waals surface area contributed by atoms with Gasteiger partial charge in [-0.25, -0.2) is 4.79 Å². The van der Waals surface area contributed by atoms with Crippen LogP contribution in [0.5, 0.6) is 0 Å². The molecule has 0 unspecified atom stereocenters. The van der Waals surface area contributed by atoms with Crippen LogP contribution < -0.4 is 16.0 Å². The van der Waals surface area contributed by atoms with Crippen molar-refractivity contribution in [2.45, 2.75) is 6.92 Å². The molecule has 0 fully saturated rings. The summed E-state index contributed by atoms with van der Waals surface area (Å²) in [6, 6.07) is 13.0. The molecule has 0 saturated carbocycles. The number of carbonyl (C=O) groups excluding carboxylic acids is 2. The van der Waals surface area contributed by atoms with Crippen LogP contribution in [0.3, 0.4) is 0 Å². The van der Waals surface area contributed by atoms with Gasteiger partial charge in [0.2, 0.25) is 0 Å². The highest BCUT2D eigenvalue weighted by Gasteiger charge is 2.20. The minimum absolute atomic E-state index is 0.228. The molecule has 4 aromatic rings. The van der Waals surface area contributed by atoms with Gasteiger partial charge in [0.1, 0.15) is 5.69 Å². The molecule has 2 heterocycles. The van der Waals surface area contributed by atoms with Gasteiger partial charge in [-0.05, 0) is 18.4 Å². The number of aryl methyl sites for hydroxylation is 2. The van der Waals surface area contributed by atoms with Crippen LogP contribution in [0, 0.1) is 6.92 Å². The third-order valence-corrected chi connectivity index (χ3v) is 4.92. The monoisotopic (exact) mass is 403 g/mol. The lowest BCUT2D eigenvalue weighted by molar-refractivity contribution is 0.101. The van der Waals surface area contributed by atoms with Crippen LogP contribution in [-0.2, 0) is 14.1 Å². The second-order valence-corrected chi connectivity index (χ2v) is 6.86. The van der Waals surface area contributed by atoms with E-state index in [9.17, 15) is 9.59 Å². The average molecular weight is 403 g/mol. The van der Waals surface area contributed by atoms with E-state index in [0.29, 0.717) is 17.1 Å². The molecule has 4 rings (SSSR count). The number of benzene rings is 2. The van der Waals surface area contributed by atoms with Crippen molar-refractivity contribution in [2.75, 3.05) is 16.0 Å². The fourth-order valence-corrected chi connectivity index (χ4v) is 3.21. The number of nitrogens with zero attached hydrogens (tertiary/aromatic N) is 4. The molecule has 0 saturated heterocycles. The molecule has 0 bridgehead atoms. The maximum Gasteiger partial charge on any atom is 0.323 e. The first-order chi connectivity index (χ1) is 14.4. The molecule has 152 valence electrons. The molecule has 30 heavy (non-hydrogen) atoms. The van der Waals surface area contributed by atoms with Crippen molar-refractivity contribution in [3.05, 3.63) is 66.2 Å². The Hall–Kier alpha value is -4.14. The number of fused-ring (bicyclic) bond motifs is 1. The lowest BCUT2D eigenvalue weighted by Gasteiger charge is -2.11. The Morgan fingerprint density at radius 3 is 2.23 bits per heavy atom. The fraction of sp³-hybridized carbons (Fsp3) is 0.143. The molecule has 0 spiro atoms. The second kappa shape index (κ2) is 7.70. The van der Waals surface area contributed by atoms with E-state index in [-0.39, 0.29) is 5.69 Å². The zero-order chi connectivity index (χ0) is 21.3. The Labute approximate surface area is 172 Å². The number of hydrogen-bond acceptors (Lipinski definition) is 4. The number of urea groups is 1. The molecule has 2 aromatic heterocycles. The molecular weight excluding hydrogens is 382 g/mol. The maximum atomic E-state index is 12.8. The topological polar surface area (TPSA) is 106 Å². The van der Waals surface area contributed by atoms with Crippen molar-refractivity contribution in [1.29, 1.82) is 0 Å². The minimum atomic E-state index is -0.467. The van der Waals surface area contributed by atoms with Crippen molar-refractivity contribution in [3.8, 4) is 0 Å². The summed E-state index contributed by atoms with van der Waals surface area (Å²) in [6.07, 6.45) is 3.01. The standard InChI is InChI=1S/C21H21N7O2/c1-13-17(11-22-27(13)2)24-20(29)19-18(12-23-28(19)3)26-21(30)25-16-10-6-8-14-7-4-5-9-15(14)16/h4-12H,1-3H3,(H,24,29)(H2,25,26,30). The van der Waals surface area contributed by atoms with Gasteiger partial charge in [0, 0.05) is 19.5 Å². The van der Waals surface area contributed by atoms with Gasteiger partial charge < -0.3 is 16.0 Å². The van der Waals surface area contributed by atoms with E-state index in [2.05, 4.69) is 26.1 Å². The second-order valence-electron chi connectivity index (χ2n) is 6.86. The van der Waals surface area contributed by atoms with Gasteiger partial charge in [-0.2, -0.15) is 10.2 Å². The number of amides is 3. The van der Waals surface area contributed by atoms with Crippen LogP contribution >= 0.6 is 0 Å². The number of carbonyl (C=O) groups is 2. The van der Waals surface area contributed by atoms with E-state index in [4.69, 9.17) is 0 Å². The average Bonchev–Trinajstić information content (AvgIpc) is 3.24. The molecule has 3 amide bonds. The first-order valence-corrected chi connectivity index (χ1v) is 9.32. The molecular formula is C21H21N7O2. The number of hydrogen-bond donors (Lipinski definition) is 3. The number of anilines is 3. The van der Waals surface area contributed by atoms with Crippen molar-refractivity contribution in [1.82, 2.24) is 19.6 Å². The van der Waals surface area contributed by atoms with Crippen molar-refractivity contribution in [2.24, 2.45) is 14.1 Å². The fourth-order valence-electron chi connectivity index (χ4n) is 3.21. The maximum absolute atomic E-state index is 12.8. The Morgan fingerprint density at radius 1 is 0.800 bits per heavy atom. The summed E-state index contributed by atoms with van der Waals surface area (Å²) in [5, 5.41) is 18.5. The number of rotatable bonds is 4. The van der Waals surface area contributed by atoms with Crippen LogP contribution in [0.15, 0.2) is 54.9 Å². The zero-order valence-corrected chi connectivity index (χ0v) is 16.8. The summed E-state index contributed by atoms with van der Waals surface area (Å²) in [5.41, 5.74) is 2.61. The largest absolute Gasteiger partial charge is 0.323 e. The Bertz CT molecular complexity index is 1250. The normalized spacial score (nSPS) is 10.8. The van der Waals surface area contributed by atoms with E-state index in [0.717, 1.165) is 16.5 Å². The van der Waals surface area contributed by atoms with Gasteiger partial charge in [0.25, 0.3) is 5.91 Å². The Kier molecular flexibility index (Phi) is 4.93. The van der Waals surface area contributed by atoms with Gasteiger partial charge in [0.05, 0.1) is 35.1 Å². The van der Waals surface area contributed by atoms with Crippen LogP contribution in [0.2, 0.25) is 0 Å². The van der Waals surface area contributed by atoms with Gasteiger partial charge in [-0.15, -0.1) is 0 Å². The predicted octanol–water partition coefficient (Wildman–Crippen LogP) is 3.51. The third kappa shape index (κ3) is 3.60. The molecule has 0 aliphatic heterocycles. The first-order valence-electron chi connectivity index (χ1n) is 9.32. The van der Waals surface area contributed by atoms with E-state index in [1.54, 1.807) is 25.0 Å². The lowest BCUT2D eigenvalue weighted by Crippen LogP contribution is -2.23. The van der Waals surface area contributed by atoms with Crippen LogP contribution in [-0.4, -0.2) is 31.5 Å². The highest BCUT2D eigenvalue weighted by molar-refractivity contribution is 6.11. The molecule has 0 radical (unpaired) electrons. The van der Waals surface area contributed by atoms with Crippen LogP contribution in [0.1, 0.15) is 16.2 Å². The molecule has 3 N–H and O–H groups in total. The molecule has 0 aliphatic carbocycles. The molecule has 9 heteroatoms. The van der Waals surface area contributed by atoms with Gasteiger partial charge in [0.15, 0.2) is 0 Å². The predicted molar refractivity (Wildman–Crippen MR) is 116 cm³/mol. The molecule has 0 atom stereocenters. The quantitative estimate of drug-likeness (QED) is 0.485. The number of nitrogens with one attached hydrogen (secondary N) is 3. The summed E-state index contributed by atoms with van der Waals surface area (Å²) < 4.78 is 3.07. The van der Waals surface area contributed by atoms with Gasteiger partial charge >= 0.3 is 6.03 Å². The summed E-state index contributed by atoms with van der Waals surface area (Å²) >= 11 is 0. The van der Waals surface area contributed by atoms with Crippen molar-refractivity contribution >= 4 is 39.8 Å². The summed E-state index contributed by atoms with van der Waals surface area (Å²) in [6.45, 7) is 1.85. The Balaban J connectivity index is 1.53. The van der Waals surface area contributed by atoms with Crippen molar-refractivity contribution < 1.29 is 9.59 Å². The highest BCUT2D eigenvalue weighted by Crippen LogP contribution is 2.24. The van der Waals surface area contributed by atoms with E-state index in [1.165, 1.54) is 10.9 Å². The Morgan fingerprint density at radius 2 is 1.47 bits per heavy atom. The summed E-state index contributed by atoms with van der Waals surface area (Å²) in [7, 11) is 3.43.